The number of amides is 2. The molecule has 2 amide bonds. The van der Waals surface area contributed by atoms with Crippen molar-refractivity contribution in [2.45, 2.75) is 0 Å². The second kappa shape index (κ2) is 7.00. The minimum atomic E-state index is -0.416. The topological polar surface area (TPSA) is 71.3 Å². The number of hydrogen-bond donors (Lipinski definition) is 2. The highest BCUT2D eigenvalue weighted by Gasteiger charge is 2.13. The van der Waals surface area contributed by atoms with Crippen LogP contribution in [0.1, 0.15) is 20.9 Å². The summed E-state index contributed by atoms with van der Waals surface area (Å²) in [6.45, 7) is 0. The van der Waals surface area contributed by atoms with Gasteiger partial charge < -0.3 is 15.1 Å². The molecule has 3 rings (SSSR count). The molecule has 1 aromatic heterocycles. The summed E-state index contributed by atoms with van der Waals surface area (Å²) in [6.07, 6.45) is 0. The molecule has 2 N–H and O–H groups in total. The van der Waals surface area contributed by atoms with Gasteiger partial charge in [0, 0.05) is 23.9 Å². The lowest BCUT2D eigenvalue weighted by atomic mass is 10.2. The molecule has 0 unspecified atom stereocenters. The maximum atomic E-state index is 13.0. The van der Waals surface area contributed by atoms with Crippen molar-refractivity contribution in [1.29, 1.82) is 0 Å². The van der Waals surface area contributed by atoms with Crippen LogP contribution in [0.15, 0.2) is 65.1 Å². The van der Waals surface area contributed by atoms with Gasteiger partial charge in [0.1, 0.15) is 11.6 Å². The van der Waals surface area contributed by atoms with Gasteiger partial charge in [-0.15, -0.1) is 0 Å². The van der Waals surface area contributed by atoms with Crippen molar-refractivity contribution in [2.24, 2.45) is 0 Å². The van der Waals surface area contributed by atoms with Crippen molar-refractivity contribution < 1.29 is 18.4 Å². The number of benzene rings is 2. The van der Waals surface area contributed by atoms with Gasteiger partial charge in [0.15, 0.2) is 5.76 Å². The second-order valence-corrected chi connectivity index (χ2v) is 5.28. The van der Waals surface area contributed by atoms with Gasteiger partial charge in [-0.3, -0.25) is 9.59 Å². The van der Waals surface area contributed by atoms with E-state index >= 15 is 0 Å². The molecule has 25 heavy (non-hydrogen) atoms. The Labute approximate surface area is 143 Å². The summed E-state index contributed by atoms with van der Waals surface area (Å²) in [5.74, 6) is -0.350. The van der Waals surface area contributed by atoms with Gasteiger partial charge >= 0.3 is 0 Å². The lowest BCUT2D eigenvalue weighted by Crippen LogP contribution is -2.17. The molecule has 6 heteroatoms. The molecule has 0 spiro atoms. The predicted molar refractivity (Wildman–Crippen MR) is 91.9 cm³/mol. The average molecular weight is 338 g/mol. The molecule has 2 aromatic carbocycles. The zero-order chi connectivity index (χ0) is 17.8. The first-order valence-electron chi connectivity index (χ1n) is 7.56. The van der Waals surface area contributed by atoms with Gasteiger partial charge in [0.2, 0.25) is 0 Å². The van der Waals surface area contributed by atoms with E-state index in [4.69, 9.17) is 4.42 Å². The zero-order valence-corrected chi connectivity index (χ0v) is 13.4. The molecule has 1 heterocycles. The summed E-state index contributed by atoms with van der Waals surface area (Å²) in [5.41, 5.74) is 1.71. The standard InChI is InChI=1S/C19H15FN2O3/c1-21-18(23)13-4-8-15(9-5-13)22-19(24)17-11-10-16(25-17)12-2-6-14(20)7-3-12/h2-11H,1H3,(H,21,23)(H,22,24). The number of anilines is 1. The number of furan rings is 1. The Kier molecular flexibility index (Phi) is 4.61. The highest BCUT2D eigenvalue weighted by Crippen LogP contribution is 2.23. The van der Waals surface area contributed by atoms with Crippen LogP contribution < -0.4 is 10.6 Å². The fraction of sp³-hybridized carbons (Fsp3) is 0.0526. The molecule has 0 aliphatic rings. The maximum absolute atomic E-state index is 13.0. The van der Waals surface area contributed by atoms with E-state index < -0.39 is 5.91 Å². The molecule has 0 atom stereocenters. The predicted octanol–water partition coefficient (Wildman–Crippen LogP) is 3.70. The molecule has 0 fully saturated rings. The van der Waals surface area contributed by atoms with E-state index in [1.54, 1.807) is 55.6 Å². The van der Waals surface area contributed by atoms with Crippen LogP contribution in [0.3, 0.4) is 0 Å². The summed E-state index contributed by atoms with van der Waals surface area (Å²) in [7, 11) is 1.55. The molecule has 0 radical (unpaired) electrons. The fourth-order valence-corrected chi connectivity index (χ4v) is 2.27. The van der Waals surface area contributed by atoms with Crippen LogP contribution in [0, 0.1) is 5.82 Å². The average Bonchev–Trinajstić information content (AvgIpc) is 3.12. The molecular formula is C19H15FN2O3. The molecule has 0 aliphatic carbocycles. The Balaban J connectivity index is 1.71. The minimum absolute atomic E-state index is 0.134. The number of hydrogen-bond acceptors (Lipinski definition) is 3. The largest absolute Gasteiger partial charge is 0.451 e. The highest BCUT2D eigenvalue weighted by molar-refractivity contribution is 6.03. The van der Waals surface area contributed by atoms with Gasteiger partial charge in [-0.2, -0.15) is 0 Å². The molecular weight excluding hydrogens is 323 g/mol. The highest BCUT2D eigenvalue weighted by atomic mass is 19.1. The third-order valence-corrected chi connectivity index (χ3v) is 3.59. The minimum Gasteiger partial charge on any atom is -0.451 e. The number of rotatable bonds is 4. The number of halogens is 1. The van der Waals surface area contributed by atoms with E-state index in [0.29, 0.717) is 22.6 Å². The van der Waals surface area contributed by atoms with Gasteiger partial charge in [-0.05, 0) is 60.7 Å². The van der Waals surface area contributed by atoms with E-state index in [-0.39, 0.29) is 17.5 Å². The third-order valence-electron chi connectivity index (χ3n) is 3.59. The van der Waals surface area contributed by atoms with E-state index in [2.05, 4.69) is 10.6 Å². The molecule has 0 aliphatic heterocycles. The monoisotopic (exact) mass is 338 g/mol. The Bertz CT molecular complexity index is 899. The summed E-state index contributed by atoms with van der Waals surface area (Å²) in [5, 5.41) is 5.22. The van der Waals surface area contributed by atoms with Gasteiger partial charge in [-0.1, -0.05) is 0 Å². The number of nitrogens with one attached hydrogen (secondary N) is 2. The Morgan fingerprint density at radius 1 is 0.880 bits per heavy atom. The van der Waals surface area contributed by atoms with Gasteiger partial charge in [-0.25, -0.2) is 4.39 Å². The van der Waals surface area contributed by atoms with E-state index in [0.717, 1.165) is 0 Å². The second-order valence-electron chi connectivity index (χ2n) is 5.28. The van der Waals surface area contributed by atoms with Crippen molar-refractivity contribution in [3.8, 4) is 11.3 Å². The Morgan fingerprint density at radius 3 is 2.20 bits per heavy atom. The SMILES string of the molecule is CNC(=O)c1ccc(NC(=O)c2ccc(-c3ccc(F)cc3)o2)cc1. The van der Waals surface area contributed by atoms with Crippen LogP contribution in [0.5, 0.6) is 0 Å². The summed E-state index contributed by atoms with van der Waals surface area (Å²) < 4.78 is 18.5. The van der Waals surface area contributed by atoms with Crippen molar-refractivity contribution in [3.05, 3.63) is 77.8 Å². The first-order chi connectivity index (χ1) is 12.1. The summed E-state index contributed by atoms with van der Waals surface area (Å²) >= 11 is 0. The first-order valence-corrected chi connectivity index (χ1v) is 7.56. The van der Waals surface area contributed by atoms with Crippen molar-refractivity contribution in [1.82, 2.24) is 5.32 Å². The maximum Gasteiger partial charge on any atom is 0.291 e. The zero-order valence-electron chi connectivity index (χ0n) is 13.4. The van der Waals surface area contributed by atoms with Crippen LogP contribution in [0.4, 0.5) is 10.1 Å². The van der Waals surface area contributed by atoms with E-state index in [1.807, 2.05) is 0 Å². The van der Waals surface area contributed by atoms with Crippen LogP contribution in [-0.4, -0.2) is 18.9 Å². The first kappa shape index (κ1) is 16.4. The van der Waals surface area contributed by atoms with Crippen molar-refractivity contribution in [3.63, 3.8) is 0 Å². The van der Waals surface area contributed by atoms with Gasteiger partial charge in [0.05, 0.1) is 0 Å². The van der Waals surface area contributed by atoms with Crippen LogP contribution in [-0.2, 0) is 0 Å². The Hall–Kier alpha value is -3.41. The van der Waals surface area contributed by atoms with E-state index in [1.165, 1.54) is 12.1 Å². The lowest BCUT2D eigenvalue weighted by Gasteiger charge is -2.05. The smallest absolute Gasteiger partial charge is 0.291 e. The van der Waals surface area contributed by atoms with Gasteiger partial charge in [0.25, 0.3) is 11.8 Å². The molecule has 0 bridgehead atoms. The molecule has 3 aromatic rings. The number of carbonyl (C=O) groups is 2. The molecule has 5 nitrogen and oxygen atoms in total. The summed E-state index contributed by atoms with van der Waals surface area (Å²) in [6, 6.07) is 15.5. The lowest BCUT2D eigenvalue weighted by molar-refractivity contribution is 0.0962. The van der Waals surface area contributed by atoms with Crippen molar-refractivity contribution in [2.75, 3.05) is 12.4 Å². The van der Waals surface area contributed by atoms with Crippen molar-refractivity contribution >= 4 is 17.5 Å². The number of carbonyl (C=O) groups excluding carboxylic acids is 2. The van der Waals surface area contributed by atoms with Crippen LogP contribution >= 0.6 is 0 Å². The normalized spacial score (nSPS) is 10.3. The quantitative estimate of drug-likeness (QED) is 0.762. The summed E-state index contributed by atoms with van der Waals surface area (Å²) in [4.78, 5) is 23.7. The van der Waals surface area contributed by atoms with Crippen LogP contribution in [0.25, 0.3) is 11.3 Å². The molecule has 0 saturated heterocycles. The van der Waals surface area contributed by atoms with E-state index in [9.17, 15) is 14.0 Å². The molecule has 0 saturated carbocycles. The molecule has 126 valence electrons. The fourth-order valence-electron chi connectivity index (χ4n) is 2.27. The third kappa shape index (κ3) is 3.74. The Morgan fingerprint density at radius 2 is 1.56 bits per heavy atom. The van der Waals surface area contributed by atoms with Crippen LogP contribution in [0.2, 0.25) is 0 Å².